The van der Waals surface area contributed by atoms with Crippen molar-refractivity contribution in [2.45, 2.75) is 0 Å². The third-order valence-electron chi connectivity index (χ3n) is 1.57. The van der Waals surface area contributed by atoms with E-state index in [2.05, 4.69) is 15.4 Å². The van der Waals surface area contributed by atoms with Crippen LogP contribution in [0.2, 0.25) is 0 Å². The van der Waals surface area contributed by atoms with Gasteiger partial charge >= 0.3 is 0 Å². The lowest BCUT2D eigenvalue weighted by molar-refractivity contribution is 0.493. The van der Waals surface area contributed by atoms with E-state index >= 15 is 0 Å². The molecule has 2 aromatic rings. The molecule has 0 saturated carbocycles. The highest BCUT2D eigenvalue weighted by atomic mass is 32.1. The van der Waals surface area contributed by atoms with Crippen molar-refractivity contribution < 1.29 is 0 Å². The Balaban J connectivity index is 2.48. The summed E-state index contributed by atoms with van der Waals surface area (Å²) in [5.74, 6) is 0.866. The summed E-state index contributed by atoms with van der Waals surface area (Å²) in [6.45, 7) is 0. The minimum absolute atomic E-state index is 0.866. The van der Waals surface area contributed by atoms with E-state index in [1.807, 2.05) is 30.6 Å². The Morgan fingerprint density at radius 3 is 3.00 bits per heavy atom. The first-order valence-electron chi connectivity index (χ1n) is 3.89. The zero-order chi connectivity index (χ0) is 9.26. The molecule has 0 spiro atoms. The van der Waals surface area contributed by atoms with Gasteiger partial charge in [0.05, 0.1) is 10.2 Å². The largest absolute Gasteiger partial charge is 0.302 e. The Morgan fingerprint density at radius 1 is 1.38 bits per heavy atom. The van der Waals surface area contributed by atoms with Gasteiger partial charge in [-0.15, -0.1) is 11.3 Å². The molecule has 0 aliphatic rings. The second kappa shape index (κ2) is 3.27. The number of rotatable bonds is 2. The zero-order valence-corrected chi connectivity index (χ0v) is 8.30. The third-order valence-corrected chi connectivity index (χ3v) is 2.48. The first-order chi connectivity index (χ1) is 6.27. The molecule has 2 rings (SSSR count). The van der Waals surface area contributed by atoms with Crippen molar-refractivity contribution in [2.75, 3.05) is 19.5 Å². The fourth-order valence-electron chi connectivity index (χ4n) is 1.08. The van der Waals surface area contributed by atoms with Gasteiger partial charge in [0.25, 0.3) is 0 Å². The van der Waals surface area contributed by atoms with Crippen LogP contribution in [0.1, 0.15) is 0 Å². The molecule has 0 fully saturated rings. The van der Waals surface area contributed by atoms with Crippen molar-refractivity contribution >= 4 is 27.4 Å². The minimum Gasteiger partial charge on any atom is -0.302 e. The van der Waals surface area contributed by atoms with Crippen LogP contribution in [0.25, 0.3) is 10.2 Å². The second-order valence-corrected chi connectivity index (χ2v) is 3.78. The molecule has 1 N–H and O–H groups in total. The molecule has 5 heteroatoms. The molecule has 2 aromatic heterocycles. The molecule has 0 aliphatic heterocycles. The van der Waals surface area contributed by atoms with Crippen LogP contribution < -0.4 is 5.43 Å². The number of hydrogen-bond donors (Lipinski definition) is 1. The van der Waals surface area contributed by atoms with E-state index in [1.54, 1.807) is 17.7 Å². The van der Waals surface area contributed by atoms with Crippen LogP contribution in [-0.4, -0.2) is 29.1 Å². The van der Waals surface area contributed by atoms with Gasteiger partial charge in [0.1, 0.15) is 6.33 Å². The molecular formula is C8H10N4S. The van der Waals surface area contributed by atoms with Gasteiger partial charge in [-0.05, 0) is 11.4 Å². The number of nitrogens with zero attached hydrogens (tertiary/aromatic N) is 3. The Labute approximate surface area is 80.2 Å². The van der Waals surface area contributed by atoms with Crippen LogP contribution in [0, 0.1) is 0 Å². The number of fused-ring (bicyclic) bond motifs is 1. The number of thiophene rings is 1. The highest BCUT2D eigenvalue weighted by Crippen LogP contribution is 2.24. The normalized spacial score (nSPS) is 11.0. The summed E-state index contributed by atoms with van der Waals surface area (Å²) in [7, 11) is 3.86. The molecule has 13 heavy (non-hydrogen) atoms. The van der Waals surface area contributed by atoms with Crippen molar-refractivity contribution in [2.24, 2.45) is 0 Å². The molecule has 0 saturated heterocycles. The minimum atomic E-state index is 0.866. The van der Waals surface area contributed by atoms with E-state index in [0.717, 1.165) is 16.0 Å². The number of hydrazine groups is 1. The average molecular weight is 194 g/mol. The van der Waals surface area contributed by atoms with E-state index in [1.165, 1.54) is 0 Å². The molecule has 0 atom stereocenters. The highest BCUT2D eigenvalue weighted by molar-refractivity contribution is 7.17. The number of anilines is 1. The van der Waals surface area contributed by atoms with E-state index in [4.69, 9.17) is 0 Å². The summed E-state index contributed by atoms with van der Waals surface area (Å²) in [6.07, 6.45) is 1.57. The Morgan fingerprint density at radius 2 is 2.23 bits per heavy atom. The average Bonchev–Trinajstić information content (AvgIpc) is 2.51. The van der Waals surface area contributed by atoms with Gasteiger partial charge in [0, 0.05) is 14.1 Å². The SMILES string of the molecule is CN(C)Nc1ncnc2ccsc12. The van der Waals surface area contributed by atoms with Crippen molar-refractivity contribution in [3.63, 3.8) is 0 Å². The van der Waals surface area contributed by atoms with Crippen LogP contribution >= 0.6 is 11.3 Å². The lowest BCUT2D eigenvalue weighted by Gasteiger charge is -2.12. The Kier molecular flexibility index (Phi) is 2.12. The smallest absolute Gasteiger partial charge is 0.161 e. The Bertz CT molecular complexity index is 409. The van der Waals surface area contributed by atoms with Crippen LogP contribution in [-0.2, 0) is 0 Å². The predicted octanol–water partition coefficient (Wildman–Crippen LogP) is 1.58. The van der Waals surface area contributed by atoms with E-state index in [9.17, 15) is 0 Å². The molecule has 2 heterocycles. The zero-order valence-electron chi connectivity index (χ0n) is 7.48. The summed E-state index contributed by atoms with van der Waals surface area (Å²) in [5.41, 5.74) is 4.12. The van der Waals surface area contributed by atoms with Gasteiger partial charge in [-0.3, -0.25) is 0 Å². The standard InChI is InChI=1S/C8H10N4S/c1-12(2)11-8-7-6(3-4-13-7)9-5-10-8/h3-5H,1-2H3,(H,9,10,11). The number of nitrogens with one attached hydrogen (secondary N) is 1. The fourth-order valence-corrected chi connectivity index (χ4v) is 1.86. The summed E-state index contributed by atoms with van der Waals surface area (Å²) in [4.78, 5) is 8.32. The molecule has 0 aromatic carbocycles. The van der Waals surface area contributed by atoms with Gasteiger partial charge < -0.3 is 5.43 Å². The van der Waals surface area contributed by atoms with Crippen molar-refractivity contribution in [1.82, 2.24) is 15.0 Å². The van der Waals surface area contributed by atoms with Gasteiger partial charge in [0.15, 0.2) is 5.82 Å². The third kappa shape index (κ3) is 1.61. The van der Waals surface area contributed by atoms with E-state index in [0.29, 0.717) is 0 Å². The van der Waals surface area contributed by atoms with Gasteiger partial charge in [-0.25, -0.2) is 15.0 Å². The molecule has 0 amide bonds. The highest BCUT2D eigenvalue weighted by Gasteiger charge is 2.03. The quantitative estimate of drug-likeness (QED) is 0.737. The van der Waals surface area contributed by atoms with Crippen molar-refractivity contribution in [3.8, 4) is 0 Å². The lowest BCUT2D eigenvalue weighted by Crippen LogP contribution is -2.20. The van der Waals surface area contributed by atoms with E-state index in [-0.39, 0.29) is 0 Å². The van der Waals surface area contributed by atoms with Crippen LogP contribution in [0.4, 0.5) is 5.82 Å². The molecule has 4 nitrogen and oxygen atoms in total. The molecule has 68 valence electrons. The fraction of sp³-hybridized carbons (Fsp3) is 0.250. The summed E-state index contributed by atoms with van der Waals surface area (Å²) >= 11 is 1.64. The van der Waals surface area contributed by atoms with Crippen LogP contribution in [0.5, 0.6) is 0 Å². The maximum atomic E-state index is 4.17. The molecule has 0 radical (unpaired) electrons. The van der Waals surface area contributed by atoms with Crippen LogP contribution in [0.15, 0.2) is 17.8 Å². The maximum Gasteiger partial charge on any atom is 0.161 e. The molecule has 0 unspecified atom stereocenters. The number of aromatic nitrogens is 2. The number of hydrogen-bond acceptors (Lipinski definition) is 5. The predicted molar refractivity (Wildman–Crippen MR) is 54.7 cm³/mol. The van der Waals surface area contributed by atoms with Crippen LogP contribution in [0.3, 0.4) is 0 Å². The summed E-state index contributed by atoms with van der Waals surface area (Å²) < 4.78 is 1.09. The van der Waals surface area contributed by atoms with Gasteiger partial charge in [-0.1, -0.05) is 0 Å². The monoisotopic (exact) mass is 194 g/mol. The van der Waals surface area contributed by atoms with Gasteiger partial charge in [0.2, 0.25) is 0 Å². The summed E-state index contributed by atoms with van der Waals surface area (Å²) in [6, 6.07) is 1.99. The molecule has 0 bridgehead atoms. The molecule has 0 aliphatic carbocycles. The first kappa shape index (κ1) is 8.40. The topological polar surface area (TPSA) is 41.0 Å². The second-order valence-electron chi connectivity index (χ2n) is 2.86. The van der Waals surface area contributed by atoms with Gasteiger partial charge in [-0.2, -0.15) is 0 Å². The summed E-state index contributed by atoms with van der Waals surface area (Å²) in [5, 5.41) is 3.88. The molecular weight excluding hydrogens is 184 g/mol. The lowest BCUT2D eigenvalue weighted by atomic mass is 10.4. The Hall–Kier alpha value is -1.20. The van der Waals surface area contributed by atoms with Crippen molar-refractivity contribution in [3.05, 3.63) is 17.8 Å². The van der Waals surface area contributed by atoms with Crippen molar-refractivity contribution in [1.29, 1.82) is 0 Å². The van der Waals surface area contributed by atoms with E-state index < -0.39 is 0 Å². The maximum absolute atomic E-state index is 4.17. The first-order valence-corrected chi connectivity index (χ1v) is 4.77.